The van der Waals surface area contributed by atoms with E-state index in [1.165, 1.54) is 83.5 Å². The summed E-state index contributed by atoms with van der Waals surface area (Å²) in [7, 11) is 2.77. The number of rotatable bonds is 17. The first kappa shape index (κ1) is 27.9. The van der Waals surface area contributed by atoms with Crippen LogP contribution >= 0.6 is 0 Å². The summed E-state index contributed by atoms with van der Waals surface area (Å²) in [6, 6.07) is 0. The van der Waals surface area contributed by atoms with E-state index in [1.807, 2.05) is 0 Å². The van der Waals surface area contributed by atoms with E-state index < -0.39 is 8.80 Å². The van der Waals surface area contributed by atoms with Gasteiger partial charge in [0.2, 0.25) is 0 Å². The van der Waals surface area contributed by atoms with Crippen LogP contribution in [0, 0.1) is 0 Å². The van der Waals surface area contributed by atoms with Crippen molar-refractivity contribution in [3.8, 4) is 0 Å². The third-order valence-corrected chi connectivity index (χ3v) is 8.20. The van der Waals surface area contributed by atoms with Crippen LogP contribution in [0.4, 0.5) is 0 Å². The molecule has 0 aromatic rings. The summed E-state index contributed by atoms with van der Waals surface area (Å²) in [4.78, 5) is 0. The third kappa shape index (κ3) is 13.5. The van der Waals surface area contributed by atoms with Gasteiger partial charge in [0, 0.05) is 26.9 Å². The Hall–Kier alpha value is 0.696. The van der Waals surface area contributed by atoms with Gasteiger partial charge < -0.3 is 13.3 Å². The van der Waals surface area contributed by atoms with Crippen LogP contribution < -0.4 is 0 Å². The first-order valence-electron chi connectivity index (χ1n) is 10.1. The number of unbranched alkanes of at least 4 members (excludes halogenated alkanes) is 9. The van der Waals surface area contributed by atoms with Crippen LogP contribution in [0.25, 0.3) is 0 Å². The Morgan fingerprint density at radius 3 is 1.32 bits per heavy atom. The Kier molecular flexibility index (Phi) is 23.4. The molecule has 2 radical (unpaired) electrons. The zero-order chi connectivity index (χ0) is 19.4. The Balaban J connectivity index is 0. The van der Waals surface area contributed by atoms with Crippen LogP contribution in [0.2, 0.25) is 5.54 Å². The Labute approximate surface area is 171 Å². The van der Waals surface area contributed by atoms with Gasteiger partial charge in [-0.15, -0.1) is 0 Å². The normalized spacial score (nSPS) is 12.5. The molecule has 1 unspecified atom stereocenters. The second-order valence-electron chi connectivity index (χ2n) is 6.67. The van der Waals surface area contributed by atoms with Gasteiger partial charge >= 0.3 is 34.4 Å². The minimum absolute atomic E-state index is 0.300. The van der Waals surface area contributed by atoms with Crippen LogP contribution in [0.5, 0.6) is 0 Å². The number of hydrogen-bond acceptors (Lipinski definition) is 4. The van der Waals surface area contributed by atoms with E-state index in [-0.39, 0.29) is 0 Å². The van der Waals surface area contributed by atoms with Gasteiger partial charge in [-0.1, -0.05) is 84.5 Å². The van der Waals surface area contributed by atoms with Crippen molar-refractivity contribution in [2.75, 3.05) is 21.3 Å². The summed E-state index contributed by atoms with van der Waals surface area (Å²) in [5.41, 5.74) is 0.454. The van der Waals surface area contributed by atoms with Gasteiger partial charge in [-0.25, -0.2) is 0 Å². The molecule has 0 N–H and O–H groups in total. The third-order valence-electron chi connectivity index (χ3n) is 4.92. The maximum absolute atomic E-state index is 8.34. The van der Waals surface area contributed by atoms with Crippen molar-refractivity contribution in [2.45, 2.75) is 103 Å². The molecule has 0 amide bonds. The van der Waals surface area contributed by atoms with E-state index in [1.54, 1.807) is 21.3 Å². The molecule has 0 saturated heterocycles. The predicted molar refractivity (Wildman–Crippen MR) is 108 cm³/mol. The molecule has 0 saturated carbocycles. The first-order chi connectivity index (χ1) is 12.2. The van der Waals surface area contributed by atoms with Gasteiger partial charge in [0.15, 0.2) is 0 Å². The molecular weight excluding hydrogens is 439 g/mol. The van der Waals surface area contributed by atoms with E-state index in [0.29, 0.717) is 28.1 Å². The van der Waals surface area contributed by atoms with E-state index in [0.717, 1.165) is 0 Å². The van der Waals surface area contributed by atoms with Crippen molar-refractivity contribution in [1.29, 1.82) is 0 Å². The quantitative estimate of drug-likeness (QED) is 0.193. The summed E-state index contributed by atoms with van der Waals surface area (Å²) in [5.74, 6) is 0. The molecule has 0 aliphatic rings. The van der Waals surface area contributed by atoms with Crippen molar-refractivity contribution < 1.29 is 16.4 Å². The maximum atomic E-state index is 8.34. The van der Waals surface area contributed by atoms with Gasteiger partial charge in [0.25, 0.3) is 0 Å². The molecule has 0 bridgehead atoms. The van der Waals surface area contributed by atoms with Gasteiger partial charge in [-0.3, -0.25) is 0 Å². The van der Waals surface area contributed by atoms with E-state index in [4.69, 9.17) is 16.4 Å². The molecule has 150 valence electrons. The predicted octanol–water partition coefficient (Wildman–Crippen LogP) is 5.85. The Morgan fingerprint density at radius 1 is 0.640 bits per heavy atom. The van der Waals surface area contributed by atoms with E-state index >= 15 is 0 Å². The fourth-order valence-corrected chi connectivity index (χ4v) is 6.03. The molecule has 1 atom stereocenters. The average Bonchev–Trinajstić information content (AvgIpc) is 2.67. The zero-order valence-corrected chi connectivity index (χ0v) is 21.3. The molecule has 0 aliphatic carbocycles. The topological polar surface area (TPSA) is 44.8 Å². The fourth-order valence-electron chi connectivity index (χ4n) is 3.41. The standard InChI is InChI=1S/C19H42O3Si.O.Sn/c1-6-8-10-12-13-14-16-18-19(17-15-11-9-7-2)23(20-3,21-4)22-5;;/h19H,6-18H2,1-5H3;;. The molecule has 0 fully saturated rings. The minimum atomic E-state index is -2.49. The summed E-state index contributed by atoms with van der Waals surface area (Å²) >= 11 is 0.300. The number of hydrogen-bond donors (Lipinski definition) is 0. The molecule has 0 aromatic heterocycles. The zero-order valence-electron chi connectivity index (χ0n) is 17.4. The molecule has 0 heterocycles. The molecular formula is C19H42O4SiSn. The molecule has 6 heteroatoms. The summed E-state index contributed by atoms with van der Waals surface area (Å²) in [5, 5.41) is 0. The van der Waals surface area contributed by atoms with Crippen LogP contribution in [-0.4, -0.2) is 52.6 Å². The Morgan fingerprint density at radius 2 is 0.960 bits per heavy atom. The second kappa shape index (κ2) is 21.0. The summed E-state index contributed by atoms with van der Waals surface area (Å²) < 4.78 is 25.6. The average molecular weight is 481 g/mol. The second-order valence-corrected chi connectivity index (χ2v) is 9.92. The molecule has 0 aromatic carbocycles. The van der Waals surface area contributed by atoms with Crippen molar-refractivity contribution in [3.63, 3.8) is 0 Å². The van der Waals surface area contributed by atoms with Crippen molar-refractivity contribution >= 4 is 31.3 Å². The molecule has 4 nitrogen and oxygen atoms in total. The molecule has 0 spiro atoms. The van der Waals surface area contributed by atoms with Gasteiger partial charge in [0.05, 0.1) is 0 Å². The van der Waals surface area contributed by atoms with Gasteiger partial charge in [-0.05, 0) is 12.8 Å². The van der Waals surface area contributed by atoms with Crippen LogP contribution in [0.3, 0.4) is 0 Å². The van der Waals surface area contributed by atoms with E-state index in [2.05, 4.69) is 13.8 Å². The van der Waals surface area contributed by atoms with Gasteiger partial charge in [-0.2, -0.15) is 0 Å². The molecule has 25 heavy (non-hydrogen) atoms. The SMILES string of the molecule is CCCCCCCCCC(CCCCCC)[Si](OC)(OC)OC.[O]=[Sn]. The molecule has 0 rings (SSSR count). The first-order valence-corrected chi connectivity index (χ1v) is 13.0. The van der Waals surface area contributed by atoms with Crippen LogP contribution in [-0.2, 0) is 16.4 Å². The summed E-state index contributed by atoms with van der Waals surface area (Å²) in [6.07, 6.45) is 17.0. The van der Waals surface area contributed by atoms with Crippen LogP contribution in [0.1, 0.15) is 97.3 Å². The fraction of sp³-hybridized carbons (Fsp3) is 1.00. The van der Waals surface area contributed by atoms with Gasteiger partial charge in [0.1, 0.15) is 0 Å². The Bertz CT molecular complexity index is 258. The molecule has 0 aliphatic heterocycles. The van der Waals surface area contributed by atoms with Crippen molar-refractivity contribution in [3.05, 3.63) is 0 Å². The summed E-state index contributed by atoms with van der Waals surface area (Å²) in [6.45, 7) is 4.53. The monoisotopic (exact) mass is 482 g/mol. The van der Waals surface area contributed by atoms with E-state index in [9.17, 15) is 0 Å². The van der Waals surface area contributed by atoms with Crippen molar-refractivity contribution in [1.82, 2.24) is 0 Å². The van der Waals surface area contributed by atoms with Crippen molar-refractivity contribution in [2.24, 2.45) is 0 Å². The van der Waals surface area contributed by atoms with Crippen LogP contribution in [0.15, 0.2) is 0 Å².